The third-order valence-corrected chi connectivity index (χ3v) is 2.51. The molecule has 0 radical (unpaired) electrons. The smallest absolute Gasteiger partial charge is 0.411 e. The molecule has 0 aliphatic carbocycles. The lowest BCUT2D eigenvalue weighted by molar-refractivity contribution is -0.177. The molecule has 0 bridgehead atoms. The number of likely N-dealkylation sites (N-methyl/N-ethyl adjacent to an activating group) is 1. The van der Waals surface area contributed by atoms with Crippen molar-refractivity contribution in [1.82, 2.24) is 4.90 Å². The number of hydrogen-bond acceptors (Lipinski definition) is 4. The maximum Gasteiger partial charge on any atom is 0.411 e. The van der Waals surface area contributed by atoms with E-state index < -0.39 is 31.3 Å². The van der Waals surface area contributed by atoms with Crippen LogP contribution in [0.15, 0.2) is 10.5 Å². The van der Waals surface area contributed by atoms with Gasteiger partial charge >= 0.3 is 12.1 Å². The molecule has 1 aromatic rings. The van der Waals surface area contributed by atoms with Crippen molar-refractivity contribution >= 4 is 11.9 Å². The fourth-order valence-corrected chi connectivity index (χ4v) is 1.52. The van der Waals surface area contributed by atoms with E-state index in [-0.39, 0.29) is 23.6 Å². The van der Waals surface area contributed by atoms with Gasteiger partial charge in [0.2, 0.25) is 5.91 Å². The van der Waals surface area contributed by atoms with Crippen molar-refractivity contribution in [3.8, 4) is 0 Å². The van der Waals surface area contributed by atoms with Crippen LogP contribution >= 0.6 is 0 Å². The number of carboxylic acid groups (broad SMARTS) is 1. The number of aryl methyl sites for hydroxylation is 1. The first-order valence-electron chi connectivity index (χ1n) is 5.81. The van der Waals surface area contributed by atoms with Crippen LogP contribution in [0.2, 0.25) is 0 Å². The van der Waals surface area contributed by atoms with Gasteiger partial charge in [0.15, 0.2) is 0 Å². The number of halogens is 3. The average molecular weight is 309 g/mol. The third kappa shape index (κ3) is 5.46. The van der Waals surface area contributed by atoms with E-state index in [0.717, 1.165) is 4.90 Å². The highest BCUT2D eigenvalue weighted by Gasteiger charge is 2.28. The molecule has 1 heterocycles. The molecule has 118 valence electrons. The van der Waals surface area contributed by atoms with Gasteiger partial charge in [0.1, 0.15) is 30.3 Å². The first-order chi connectivity index (χ1) is 9.60. The normalized spacial score (nSPS) is 11.5. The van der Waals surface area contributed by atoms with Crippen molar-refractivity contribution in [2.45, 2.75) is 19.6 Å². The van der Waals surface area contributed by atoms with Crippen LogP contribution in [0.1, 0.15) is 21.9 Å². The molecule has 0 atom stereocenters. The molecule has 21 heavy (non-hydrogen) atoms. The Bertz CT molecular complexity index is 523. The van der Waals surface area contributed by atoms with Gasteiger partial charge in [-0.25, -0.2) is 4.79 Å². The summed E-state index contributed by atoms with van der Waals surface area (Å²) in [5.74, 6) is -1.43. The zero-order valence-electron chi connectivity index (χ0n) is 11.4. The van der Waals surface area contributed by atoms with Crippen molar-refractivity contribution < 1.29 is 37.0 Å². The molecule has 0 aliphatic rings. The minimum atomic E-state index is -4.49. The number of carboxylic acids is 1. The average Bonchev–Trinajstić information content (AvgIpc) is 2.68. The number of hydrogen-bond donors (Lipinski definition) is 1. The Morgan fingerprint density at radius 2 is 2.05 bits per heavy atom. The Hall–Kier alpha value is -2.03. The van der Waals surface area contributed by atoms with Gasteiger partial charge in [0, 0.05) is 7.05 Å². The van der Waals surface area contributed by atoms with Gasteiger partial charge in [0.25, 0.3) is 0 Å². The molecule has 0 saturated heterocycles. The second-order valence-corrected chi connectivity index (χ2v) is 4.35. The predicted molar refractivity (Wildman–Crippen MR) is 63.8 cm³/mol. The van der Waals surface area contributed by atoms with Gasteiger partial charge in [-0.1, -0.05) is 0 Å². The predicted octanol–water partition coefficient (Wildman–Crippen LogP) is 1.82. The van der Waals surface area contributed by atoms with E-state index in [1.165, 1.54) is 20.0 Å². The number of furan rings is 1. The number of rotatable bonds is 6. The van der Waals surface area contributed by atoms with E-state index in [1.807, 2.05) is 0 Å². The Morgan fingerprint density at radius 3 is 2.52 bits per heavy atom. The maximum absolute atomic E-state index is 11.9. The third-order valence-electron chi connectivity index (χ3n) is 2.51. The van der Waals surface area contributed by atoms with Crippen molar-refractivity contribution in [3.05, 3.63) is 23.2 Å². The Morgan fingerprint density at radius 1 is 1.43 bits per heavy atom. The standard InChI is InChI=1S/C12H14F3NO5/c1-7-9(11(18)19)3-8(21-7)4-16(2)10(17)5-20-6-12(13,14)15/h3H,4-6H2,1-2H3,(H,18,19). The topological polar surface area (TPSA) is 80.0 Å². The molecule has 1 N–H and O–H groups in total. The van der Waals surface area contributed by atoms with Crippen LogP contribution in [0.4, 0.5) is 13.2 Å². The van der Waals surface area contributed by atoms with Gasteiger partial charge in [0.05, 0.1) is 6.54 Å². The highest BCUT2D eigenvalue weighted by atomic mass is 19.4. The molecule has 0 aliphatic heterocycles. The van der Waals surface area contributed by atoms with Crippen molar-refractivity contribution in [2.75, 3.05) is 20.3 Å². The van der Waals surface area contributed by atoms with Gasteiger partial charge in [-0.15, -0.1) is 0 Å². The minimum absolute atomic E-state index is 0.0285. The van der Waals surface area contributed by atoms with Gasteiger partial charge in [-0.05, 0) is 13.0 Å². The van der Waals surface area contributed by atoms with Crippen molar-refractivity contribution in [1.29, 1.82) is 0 Å². The van der Waals surface area contributed by atoms with E-state index in [0.29, 0.717) is 0 Å². The summed E-state index contributed by atoms with van der Waals surface area (Å²) in [4.78, 5) is 23.4. The molecule has 0 spiro atoms. The van der Waals surface area contributed by atoms with Crippen LogP contribution in [-0.4, -0.2) is 48.3 Å². The van der Waals surface area contributed by atoms with Gasteiger partial charge < -0.3 is 19.2 Å². The molecule has 6 nitrogen and oxygen atoms in total. The van der Waals surface area contributed by atoms with Crippen LogP contribution in [-0.2, 0) is 16.1 Å². The van der Waals surface area contributed by atoms with Gasteiger partial charge in [-0.2, -0.15) is 13.2 Å². The number of carbonyl (C=O) groups excluding carboxylic acids is 1. The molecule has 9 heteroatoms. The van der Waals surface area contributed by atoms with E-state index in [9.17, 15) is 22.8 Å². The minimum Gasteiger partial charge on any atom is -0.478 e. The lowest BCUT2D eigenvalue weighted by Crippen LogP contribution is -2.31. The fourth-order valence-electron chi connectivity index (χ4n) is 1.52. The number of alkyl halides is 3. The van der Waals surface area contributed by atoms with Crippen LogP contribution in [0.25, 0.3) is 0 Å². The lowest BCUT2D eigenvalue weighted by atomic mass is 10.2. The van der Waals surface area contributed by atoms with Gasteiger partial charge in [-0.3, -0.25) is 4.79 Å². The summed E-state index contributed by atoms with van der Waals surface area (Å²) in [6.45, 7) is -0.833. The molecule has 0 fully saturated rings. The fraction of sp³-hybridized carbons (Fsp3) is 0.500. The zero-order valence-corrected chi connectivity index (χ0v) is 11.4. The maximum atomic E-state index is 11.9. The second kappa shape index (κ2) is 6.61. The zero-order chi connectivity index (χ0) is 16.2. The molecular formula is C12H14F3NO5. The lowest BCUT2D eigenvalue weighted by Gasteiger charge is -2.16. The SMILES string of the molecule is Cc1oc(CN(C)C(=O)COCC(F)(F)F)cc1C(=O)O. The highest BCUT2D eigenvalue weighted by Crippen LogP contribution is 2.16. The Kier molecular flexibility index (Phi) is 5.36. The molecule has 1 amide bonds. The molecule has 1 aromatic heterocycles. The summed E-state index contributed by atoms with van der Waals surface area (Å²) in [6.07, 6.45) is -4.49. The summed E-state index contributed by atoms with van der Waals surface area (Å²) < 4.78 is 45.0. The van der Waals surface area contributed by atoms with E-state index in [2.05, 4.69) is 4.74 Å². The largest absolute Gasteiger partial charge is 0.478 e. The molecular weight excluding hydrogens is 295 g/mol. The van der Waals surface area contributed by atoms with Crippen LogP contribution in [0.3, 0.4) is 0 Å². The summed E-state index contributed by atoms with van der Waals surface area (Å²) >= 11 is 0. The Labute approximate surface area is 118 Å². The number of aromatic carboxylic acids is 1. The number of carbonyl (C=O) groups is 2. The summed E-state index contributed by atoms with van der Waals surface area (Å²) in [6, 6.07) is 1.26. The Balaban J connectivity index is 2.52. The van der Waals surface area contributed by atoms with E-state index in [4.69, 9.17) is 9.52 Å². The van der Waals surface area contributed by atoms with E-state index >= 15 is 0 Å². The first-order valence-corrected chi connectivity index (χ1v) is 5.81. The van der Waals surface area contributed by atoms with Crippen molar-refractivity contribution in [2.24, 2.45) is 0 Å². The monoisotopic (exact) mass is 309 g/mol. The first kappa shape index (κ1) is 17.0. The van der Waals surface area contributed by atoms with Crippen LogP contribution in [0.5, 0.6) is 0 Å². The summed E-state index contributed by atoms with van der Waals surface area (Å²) in [7, 11) is 1.34. The molecule has 0 saturated carbocycles. The quantitative estimate of drug-likeness (QED) is 0.867. The number of ether oxygens (including phenoxy) is 1. The van der Waals surface area contributed by atoms with Crippen LogP contribution < -0.4 is 0 Å². The molecule has 0 aromatic carbocycles. The number of amides is 1. The molecule has 0 unspecified atom stereocenters. The summed E-state index contributed by atoms with van der Waals surface area (Å²) in [5, 5.41) is 8.85. The van der Waals surface area contributed by atoms with Crippen LogP contribution in [0, 0.1) is 6.92 Å². The second-order valence-electron chi connectivity index (χ2n) is 4.35. The van der Waals surface area contributed by atoms with E-state index in [1.54, 1.807) is 0 Å². The van der Waals surface area contributed by atoms with Crippen molar-refractivity contribution in [3.63, 3.8) is 0 Å². The summed E-state index contributed by atoms with van der Waals surface area (Å²) in [5.41, 5.74) is -0.0285. The highest BCUT2D eigenvalue weighted by molar-refractivity contribution is 5.88. The molecule has 1 rings (SSSR count). The number of nitrogens with zero attached hydrogens (tertiary/aromatic N) is 1.